The van der Waals surface area contributed by atoms with Crippen LogP contribution in [0.15, 0.2) is 77.7 Å². The Hall–Kier alpha value is -3.79. The molecule has 7 nitrogen and oxygen atoms in total. The van der Waals surface area contributed by atoms with Gasteiger partial charge in [-0.2, -0.15) is 0 Å². The number of hydrogen-bond acceptors (Lipinski definition) is 4. The second-order valence-electron chi connectivity index (χ2n) is 8.46. The molecular formula is C27H29F2N3O4S. The van der Waals surface area contributed by atoms with Crippen LogP contribution in [0.25, 0.3) is 0 Å². The molecule has 0 bridgehead atoms. The maximum Gasteiger partial charge on any atom is 0.264 e. The third kappa shape index (κ3) is 6.51. The monoisotopic (exact) mass is 529 g/mol. The number of carbonyl (C=O) groups is 2. The number of halogens is 2. The summed E-state index contributed by atoms with van der Waals surface area (Å²) in [6, 6.07) is 15.8. The Morgan fingerprint density at radius 3 is 2.11 bits per heavy atom. The molecule has 0 radical (unpaired) electrons. The molecule has 196 valence electrons. The molecule has 37 heavy (non-hydrogen) atoms. The minimum Gasteiger partial charge on any atom is -0.355 e. The maximum atomic E-state index is 14.8. The fourth-order valence-corrected chi connectivity index (χ4v) is 5.14. The van der Waals surface area contributed by atoms with E-state index in [0.717, 1.165) is 16.5 Å². The lowest BCUT2D eigenvalue weighted by Crippen LogP contribution is -2.51. The van der Waals surface area contributed by atoms with Crippen LogP contribution in [0.1, 0.15) is 25.0 Å². The highest BCUT2D eigenvalue weighted by atomic mass is 32.2. The second-order valence-corrected chi connectivity index (χ2v) is 10.3. The Kier molecular flexibility index (Phi) is 8.99. The van der Waals surface area contributed by atoms with E-state index in [1.807, 2.05) is 0 Å². The van der Waals surface area contributed by atoms with Gasteiger partial charge >= 0.3 is 0 Å². The standard InChI is InChI=1S/C27H29F2N3O4S/c1-4-30-27(34)20(3)31(17-21-9-5-6-10-23(21)28)26(33)18-32(25-12-8-7-11-24(25)29)37(35,36)22-15-13-19(2)14-16-22/h5-16,20H,4,17-18H2,1-3H3,(H,30,34). The number of hydrogen-bond donors (Lipinski definition) is 1. The van der Waals surface area contributed by atoms with E-state index in [-0.39, 0.29) is 22.7 Å². The van der Waals surface area contributed by atoms with Gasteiger partial charge in [0.1, 0.15) is 24.2 Å². The lowest BCUT2D eigenvalue weighted by Gasteiger charge is -2.32. The van der Waals surface area contributed by atoms with E-state index in [9.17, 15) is 26.8 Å². The zero-order chi connectivity index (χ0) is 27.2. The number of nitrogens with one attached hydrogen (secondary N) is 1. The summed E-state index contributed by atoms with van der Waals surface area (Å²) in [4.78, 5) is 27.2. The third-order valence-electron chi connectivity index (χ3n) is 5.83. The maximum absolute atomic E-state index is 14.8. The molecule has 0 fully saturated rings. The molecule has 3 aromatic carbocycles. The molecule has 0 aliphatic carbocycles. The molecule has 0 heterocycles. The molecule has 3 aromatic rings. The second kappa shape index (κ2) is 12.0. The Morgan fingerprint density at radius 2 is 1.51 bits per heavy atom. The number of anilines is 1. The highest BCUT2D eigenvalue weighted by Crippen LogP contribution is 2.27. The molecule has 0 aliphatic rings. The molecule has 0 saturated carbocycles. The summed E-state index contributed by atoms with van der Waals surface area (Å²) >= 11 is 0. The van der Waals surface area contributed by atoms with Crippen LogP contribution < -0.4 is 9.62 Å². The van der Waals surface area contributed by atoms with Crippen LogP contribution in [0.5, 0.6) is 0 Å². The first-order valence-electron chi connectivity index (χ1n) is 11.7. The lowest BCUT2D eigenvalue weighted by molar-refractivity contribution is -0.139. The Bertz CT molecular complexity index is 1360. The molecule has 1 N–H and O–H groups in total. The Labute approximate surface area is 215 Å². The van der Waals surface area contributed by atoms with E-state index < -0.39 is 46.1 Å². The van der Waals surface area contributed by atoms with Crippen molar-refractivity contribution in [2.75, 3.05) is 17.4 Å². The lowest BCUT2D eigenvalue weighted by atomic mass is 10.1. The van der Waals surface area contributed by atoms with Gasteiger partial charge in [0, 0.05) is 18.7 Å². The molecule has 0 saturated heterocycles. The van der Waals surface area contributed by atoms with E-state index in [1.54, 1.807) is 32.0 Å². The minimum absolute atomic E-state index is 0.133. The smallest absolute Gasteiger partial charge is 0.264 e. The summed E-state index contributed by atoms with van der Waals surface area (Å²) in [6.07, 6.45) is 0. The van der Waals surface area contributed by atoms with Gasteiger partial charge in [-0.1, -0.05) is 48.0 Å². The van der Waals surface area contributed by atoms with Crippen LogP contribution in [0.3, 0.4) is 0 Å². The van der Waals surface area contributed by atoms with E-state index >= 15 is 0 Å². The van der Waals surface area contributed by atoms with Crippen molar-refractivity contribution in [3.8, 4) is 0 Å². The van der Waals surface area contributed by atoms with Crippen molar-refractivity contribution in [1.29, 1.82) is 0 Å². The minimum atomic E-state index is -4.39. The van der Waals surface area contributed by atoms with Crippen molar-refractivity contribution >= 4 is 27.5 Å². The highest BCUT2D eigenvalue weighted by molar-refractivity contribution is 7.92. The highest BCUT2D eigenvalue weighted by Gasteiger charge is 2.33. The number of rotatable bonds is 10. The predicted molar refractivity (Wildman–Crippen MR) is 137 cm³/mol. The zero-order valence-electron chi connectivity index (χ0n) is 20.8. The molecule has 0 aromatic heterocycles. The topological polar surface area (TPSA) is 86.8 Å². The molecule has 0 aliphatic heterocycles. The molecule has 1 unspecified atom stereocenters. The SMILES string of the molecule is CCNC(=O)C(C)N(Cc1ccccc1F)C(=O)CN(c1ccccc1F)S(=O)(=O)c1ccc(C)cc1. The summed E-state index contributed by atoms with van der Waals surface area (Å²) in [5.41, 5.74) is 0.637. The fraction of sp³-hybridized carbons (Fsp3) is 0.259. The van der Waals surface area contributed by atoms with Crippen LogP contribution in [0.2, 0.25) is 0 Å². The van der Waals surface area contributed by atoms with Gasteiger partial charge in [-0.15, -0.1) is 0 Å². The van der Waals surface area contributed by atoms with E-state index in [0.29, 0.717) is 10.8 Å². The summed E-state index contributed by atoms with van der Waals surface area (Å²) in [7, 11) is -4.39. The van der Waals surface area contributed by atoms with Gasteiger partial charge in [-0.05, 0) is 51.1 Å². The molecular weight excluding hydrogens is 500 g/mol. The van der Waals surface area contributed by atoms with Gasteiger partial charge in [-0.3, -0.25) is 13.9 Å². The van der Waals surface area contributed by atoms with Crippen molar-refractivity contribution in [3.63, 3.8) is 0 Å². The molecule has 0 spiro atoms. The van der Waals surface area contributed by atoms with Gasteiger partial charge in [-0.25, -0.2) is 17.2 Å². The van der Waals surface area contributed by atoms with Crippen LogP contribution in [-0.2, 0) is 26.2 Å². The van der Waals surface area contributed by atoms with E-state index in [2.05, 4.69) is 5.32 Å². The zero-order valence-corrected chi connectivity index (χ0v) is 21.6. The summed E-state index contributed by atoms with van der Waals surface area (Å²) in [5.74, 6) is -2.72. The Morgan fingerprint density at radius 1 is 0.919 bits per heavy atom. The summed E-state index contributed by atoms with van der Waals surface area (Å²) < 4.78 is 57.2. The number of benzene rings is 3. The van der Waals surface area contributed by atoms with Crippen LogP contribution >= 0.6 is 0 Å². The Balaban J connectivity index is 2.05. The number of para-hydroxylation sites is 1. The average molecular weight is 530 g/mol. The van der Waals surface area contributed by atoms with Gasteiger partial charge in [0.05, 0.1) is 10.6 Å². The van der Waals surface area contributed by atoms with Gasteiger partial charge in [0.2, 0.25) is 11.8 Å². The van der Waals surface area contributed by atoms with Crippen molar-refractivity contribution in [2.45, 2.75) is 38.3 Å². The van der Waals surface area contributed by atoms with Gasteiger partial charge < -0.3 is 10.2 Å². The number of amides is 2. The number of carbonyl (C=O) groups excluding carboxylic acids is 2. The van der Waals surface area contributed by atoms with Gasteiger partial charge in [0.15, 0.2) is 0 Å². The van der Waals surface area contributed by atoms with Crippen LogP contribution in [0.4, 0.5) is 14.5 Å². The first-order chi connectivity index (χ1) is 17.6. The first kappa shape index (κ1) is 27.8. The largest absolute Gasteiger partial charge is 0.355 e. The molecule has 3 rings (SSSR count). The number of sulfonamides is 1. The summed E-state index contributed by atoms with van der Waals surface area (Å²) in [5, 5.41) is 2.62. The van der Waals surface area contributed by atoms with E-state index in [1.165, 1.54) is 55.5 Å². The van der Waals surface area contributed by atoms with Gasteiger partial charge in [0.25, 0.3) is 10.0 Å². The number of likely N-dealkylation sites (N-methyl/N-ethyl adjacent to an activating group) is 1. The molecule has 1 atom stereocenters. The number of aryl methyl sites for hydroxylation is 1. The summed E-state index contributed by atoms with van der Waals surface area (Å²) in [6.45, 7) is 4.16. The quantitative estimate of drug-likeness (QED) is 0.430. The van der Waals surface area contributed by atoms with Crippen molar-refractivity contribution in [2.24, 2.45) is 0 Å². The van der Waals surface area contributed by atoms with Crippen molar-refractivity contribution in [3.05, 3.63) is 95.6 Å². The van der Waals surface area contributed by atoms with Crippen molar-refractivity contribution < 1.29 is 26.8 Å². The fourth-order valence-electron chi connectivity index (χ4n) is 3.72. The van der Waals surface area contributed by atoms with Crippen molar-refractivity contribution in [1.82, 2.24) is 10.2 Å². The molecule has 2 amide bonds. The van der Waals surface area contributed by atoms with Crippen LogP contribution in [0, 0.1) is 18.6 Å². The normalized spacial score (nSPS) is 12.0. The number of nitrogens with zero attached hydrogens (tertiary/aromatic N) is 2. The average Bonchev–Trinajstić information content (AvgIpc) is 2.87. The van der Waals surface area contributed by atoms with E-state index in [4.69, 9.17) is 0 Å². The molecule has 10 heteroatoms. The predicted octanol–water partition coefficient (Wildman–Crippen LogP) is 4.02. The third-order valence-corrected chi connectivity index (χ3v) is 7.60. The first-order valence-corrected chi connectivity index (χ1v) is 13.1. The van der Waals surface area contributed by atoms with Crippen LogP contribution in [-0.4, -0.2) is 44.3 Å².